The first-order valence-electron chi connectivity index (χ1n) is 6.82. The van der Waals surface area contributed by atoms with Gasteiger partial charge >= 0.3 is 0 Å². The van der Waals surface area contributed by atoms with E-state index in [1.807, 2.05) is 11.8 Å². The van der Waals surface area contributed by atoms with Crippen molar-refractivity contribution in [3.8, 4) is 0 Å². The van der Waals surface area contributed by atoms with Crippen LogP contribution >= 0.6 is 0 Å². The predicted octanol–water partition coefficient (Wildman–Crippen LogP) is 0.406. The molecule has 0 radical (unpaired) electrons. The fraction of sp³-hybridized carbons (Fsp3) is 0.917. The van der Waals surface area contributed by atoms with Crippen LogP contribution in [0.3, 0.4) is 0 Å². The summed E-state index contributed by atoms with van der Waals surface area (Å²) in [5.41, 5.74) is 0. The standard InChI is InChI=1S/C12H25N3O3S/c1-4-14(9-10(2)3)12(16)11-5-7-15(8-6-11)19(13,17)18/h10-11H,4-9H2,1-3H3,(H2,13,17,18). The Hall–Kier alpha value is -0.660. The Morgan fingerprint density at radius 1 is 1.37 bits per heavy atom. The van der Waals surface area contributed by atoms with Gasteiger partial charge in [-0.3, -0.25) is 4.79 Å². The van der Waals surface area contributed by atoms with E-state index in [2.05, 4.69) is 13.8 Å². The molecule has 19 heavy (non-hydrogen) atoms. The van der Waals surface area contributed by atoms with E-state index in [-0.39, 0.29) is 11.8 Å². The second-order valence-corrected chi connectivity index (χ2v) is 7.04. The number of nitrogens with zero attached hydrogens (tertiary/aromatic N) is 2. The maximum atomic E-state index is 12.3. The molecule has 0 aromatic rings. The van der Waals surface area contributed by atoms with Gasteiger partial charge in [0.25, 0.3) is 10.2 Å². The van der Waals surface area contributed by atoms with Crippen molar-refractivity contribution in [3.05, 3.63) is 0 Å². The predicted molar refractivity (Wildman–Crippen MR) is 74.5 cm³/mol. The summed E-state index contributed by atoms with van der Waals surface area (Å²) in [6, 6.07) is 0. The van der Waals surface area contributed by atoms with Crippen LogP contribution in [0, 0.1) is 11.8 Å². The van der Waals surface area contributed by atoms with Crippen molar-refractivity contribution in [1.82, 2.24) is 9.21 Å². The van der Waals surface area contributed by atoms with Crippen LogP contribution in [0.15, 0.2) is 0 Å². The van der Waals surface area contributed by atoms with E-state index >= 15 is 0 Å². The summed E-state index contributed by atoms with van der Waals surface area (Å²) >= 11 is 0. The highest BCUT2D eigenvalue weighted by Crippen LogP contribution is 2.21. The van der Waals surface area contributed by atoms with Crippen LogP contribution < -0.4 is 5.14 Å². The van der Waals surface area contributed by atoms with Gasteiger partial charge in [0.1, 0.15) is 0 Å². The zero-order valence-electron chi connectivity index (χ0n) is 12.0. The molecule has 2 N–H and O–H groups in total. The van der Waals surface area contributed by atoms with Crippen molar-refractivity contribution in [2.75, 3.05) is 26.2 Å². The van der Waals surface area contributed by atoms with Gasteiger partial charge in [-0.15, -0.1) is 0 Å². The minimum Gasteiger partial charge on any atom is -0.342 e. The summed E-state index contributed by atoms with van der Waals surface area (Å²) in [5.74, 6) is 0.510. The molecule has 1 heterocycles. The number of hydrogen-bond donors (Lipinski definition) is 1. The average Bonchev–Trinajstić information content (AvgIpc) is 2.34. The Morgan fingerprint density at radius 2 is 1.89 bits per heavy atom. The number of amides is 1. The molecule has 0 aliphatic carbocycles. The van der Waals surface area contributed by atoms with E-state index in [4.69, 9.17) is 5.14 Å². The summed E-state index contributed by atoms with van der Waals surface area (Å²) in [7, 11) is -3.61. The fourth-order valence-corrected chi connectivity index (χ4v) is 3.15. The molecule has 1 fully saturated rings. The molecule has 0 saturated carbocycles. The first-order chi connectivity index (χ1) is 8.75. The molecule has 7 heteroatoms. The van der Waals surface area contributed by atoms with Crippen molar-refractivity contribution >= 4 is 16.1 Å². The van der Waals surface area contributed by atoms with Crippen LogP contribution in [-0.2, 0) is 15.0 Å². The van der Waals surface area contributed by atoms with Gasteiger partial charge in [-0.2, -0.15) is 12.7 Å². The minimum absolute atomic E-state index is 0.0725. The number of carbonyl (C=O) groups excluding carboxylic acids is 1. The molecule has 1 aliphatic heterocycles. The third kappa shape index (κ3) is 4.74. The van der Waals surface area contributed by atoms with Crippen molar-refractivity contribution in [1.29, 1.82) is 0 Å². The van der Waals surface area contributed by atoms with Crippen LogP contribution in [0.1, 0.15) is 33.6 Å². The van der Waals surface area contributed by atoms with Crippen molar-refractivity contribution < 1.29 is 13.2 Å². The molecule has 0 bridgehead atoms. The van der Waals surface area contributed by atoms with Gasteiger partial charge in [0.15, 0.2) is 0 Å². The molecule has 1 saturated heterocycles. The maximum Gasteiger partial charge on any atom is 0.276 e. The highest BCUT2D eigenvalue weighted by molar-refractivity contribution is 7.86. The first kappa shape index (κ1) is 16.4. The van der Waals surface area contributed by atoms with Crippen LogP contribution in [0.4, 0.5) is 0 Å². The minimum atomic E-state index is -3.61. The van der Waals surface area contributed by atoms with E-state index < -0.39 is 10.2 Å². The summed E-state index contributed by atoms with van der Waals surface area (Å²) < 4.78 is 23.7. The molecule has 0 atom stereocenters. The van der Waals surface area contributed by atoms with E-state index in [0.717, 1.165) is 6.54 Å². The number of carbonyl (C=O) groups is 1. The van der Waals surface area contributed by atoms with Gasteiger partial charge < -0.3 is 4.90 Å². The van der Waals surface area contributed by atoms with Gasteiger partial charge in [0.05, 0.1) is 0 Å². The Kier molecular flexibility index (Phi) is 5.76. The SMILES string of the molecule is CCN(CC(C)C)C(=O)C1CCN(S(N)(=O)=O)CC1. The Labute approximate surface area is 116 Å². The fourth-order valence-electron chi connectivity index (χ4n) is 2.43. The second-order valence-electron chi connectivity index (χ2n) is 5.49. The molecule has 0 unspecified atom stereocenters. The highest BCUT2D eigenvalue weighted by atomic mass is 32.2. The summed E-state index contributed by atoms with van der Waals surface area (Å²) in [6.45, 7) is 8.28. The molecule has 112 valence electrons. The monoisotopic (exact) mass is 291 g/mol. The Bertz CT molecular complexity index is 400. The zero-order chi connectivity index (χ0) is 14.6. The van der Waals surface area contributed by atoms with E-state index in [1.165, 1.54) is 4.31 Å². The number of nitrogens with two attached hydrogens (primary N) is 1. The number of piperidine rings is 1. The Balaban J connectivity index is 2.57. The van der Waals surface area contributed by atoms with Gasteiger partial charge in [0.2, 0.25) is 5.91 Å². The van der Waals surface area contributed by atoms with Crippen molar-refractivity contribution in [2.24, 2.45) is 17.0 Å². The lowest BCUT2D eigenvalue weighted by Gasteiger charge is -2.33. The largest absolute Gasteiger partial charge is 0.342 e. The highest BCUT2D eigenvalue weighted by Gasteiger charge is 2.31. The smallest absolute Gasteiger partial charge is 0.276 e. The number of hydrogen-bond acceptors (Lipinski definition) is 3. The molecular formula is C12H25N3O3S. The quantitative estimate of drug-likeness (QED) is 0.796. The molecule has 1 rings (SSSR count). The van der Waals surface area contributed by atoms with Crippen LogP contribution in [0.25, 0.3) is 0 Å². The van der Waals surface area contributed by atoms with E-state index in [9.17, 15) is 13.2 Å². The Morgan fingerprint density at radius 3 is 2.26 bits per heavy atom. The van der Waals surface area contributed by atoms with Crippen molar-refractivity contribution in [2.45, 2.75) is 33.6 Å². The third-order valence-electron chi connectivity index (χ3n) is 3.44. The van der Waals surface area contributed by atoms with Gasteiger partial charge in [-0.05, 0) is 25.7 Å². The lowest BCUT2D eigenvalue weighted by Crippen LogP contribution is -2.46. The molecule has 0 aromatic carbocycles. The molecule has 6 nitrogen and oxygen atoms in total. The van der Waals surface area contributed by atoms with Gasteiger partial charge in [-0.1, -0.05) is 13.8 Å². The average molecular weight is 291 g/mol. The topological polar surface area (TPSA) is 83.7 Å². The van der Waals surface area contributed by atoms with E-state index in [0.29, 0.717) is 38.4 Å². The lowest BCUT2D eigenvalue weighted by atomic mass is 9.96. The summed E-state index contributed by atoms with van der Waals surface area (Å²) in [6.07, 6.45) is 1.12. The molecular weight excluding hydrogens is 266 g/mol. The zero-order valence-corrected chi connectivity index (χ0v) is 12.8. The van der Waals surface area contributed by atoms with Gasteiger partial charge in [-0.25, -0.2) is 5.14 Å². The van der Waals surface area contributed by atoms with Crippen molar-refractivity contribution in [3.63, 3.8) is 0 Å². The summed E-state index contributed by atoms with van der Waals surface area (Å²) in [4.78, 5) is 14.2. The normalized spacial score (nSPS) is 18.8. The van der Waals surface area contributed by atoms with Gasteiger partial charge in [0, 0.05) is 32.1 Å². The van der Waals surface area contributed by atoms with Crippen LogP contribution in [0.5, 0.6) is 0 Å². The van der Waals surface area contributed by atoms with Crippen LogP contribution in [-0.4, -0.2) is 49.7 Å². The molecule has 0 aromatic heterocycles. The molecule has 1 amide bonds. The molecule has 1 aliphatic rings. The first-order valence-corrected chi connectivity index (χ1v) is 8.32. The third-order valence-corrected chi connectivity index (χ3v) is 4.53. The number of rotatable bonds is 5. The molecule has 0 spiro atoms. The second kappa shape index (κ2) is 6.67. The lowest BCUT2D eigenvalue weighted by molar-refractivity contribution is -0.137. The van der Waals surface area contributed by atoms with E-state index in [1.54, 1.807) is 0 Å². The summed E-state index contributed by atoms with van der Waals surface area (Å²) in [5, 5.41) is 5.09. The maximum absolute atomic E-state index is 12.3. The van der Waals surface area contributed by atoms with Crippen LogP contribution in [0.2, 0.25) is 0 Å².